The summed E-state index contributed by atoms with van der Waals surface area (Å²) in [4.78, 5) is 24.1. The maximum Gasteiger partial charge on any atom is 0.338 e. The summed E-state index contributed by atoms with van der Waals surface area (Å²) < 4.78 is 6.84. The van der Waals surface area contributed by atoms with Gasteiger partial charge in [0.1, 0.15) is 0 Å². The molecular weight excluding hydrogens is 459 g/mol. The first kappa shape index (κ1) is 23.1. The number of hydrogen-bond donors (Lipinski definition) is 1. The number of amides is 1. The number of anilines is 1. The highest BCUT2D eigenvalue weighted by molar-refractivity contribution is 7.99. The van der Waals surface area contributed by atoms with Crippen molar-refractivity contribution in [3.05, 3.63) is 58.1 Å². The molecule has 1 amide bonds. The Kier molecular flexibility index (Phi) is 7.95. The highest BCUT2D eigenvalue weighted by atomic mass is 35.5. The van der Waals surface area contributed by atoms with Gasteiger partial charge in [0.05, 0.1) is 22.9 Å². The Morgan fingerprint density at radius 1 is 1.10 bits per heavy atom. The second-order valence-corrected chi connectivity index (χ2v) is 8.10. The minimum atomic E-state index is -0.397. The number of rotatable bonds is 8. The summed E-state index contributed by atoms with van der Waals surface area (Å²) in [6, 6.07) is 11.7. The van der Waals surface area contributed by atoms with Crippen molar-refractivity contribution in [3.63, 3.8) is 0 Å². The number of aromatic nitrogens is 3. The summed E-state index contributed by atoms with van der Waals surface area (Å²) in [5.41, 5.74) is 1.74. The Morgan fingerprint density at radius 2 is 1.84 bits per heavy atom. The van der Waals surface area contributed by atoms with E-state index in [1.54, 1.807) is 49.4 Å². The van der Waals surface area contributed by atoms with E-state index in [0.717, 1.165) is 5.56 Å². The van der Waals surface area contributed by atoms with Gasteiger partial charge in [-0.25, -0.2) is 4.79 Å². The molecule has 162 valence electrons. The van der Waals surface area contributed by atoms with E-state index in [-0.39, 0.29) is 11.7 Å². The molecule has 0 radical (unpaired) electrons. The van der Waals surface area contributed by atoms with Crippen LogP contribution in [0.3, 0.4) is 0 Å². The van der Waals surface area contributed by atoms with Gasteiger partial charge in [0.25, 0.3) is 0 Å². The van der Waals surface area contributed by atoms with Crippen LogP contribution in [0.5, 0.6) is 0 Å². The third-order valence-corrected chi connectivity index (χ3v) is 5.73. The lowest BCUT2D eigenvalue weighted by Crippen LogP contribution is -2.15. The fraction of sp³-hybridized carbons (Fsp3) is 0.238. The van der Waals surface area contributed by atoms with Crippen LogP contribution in [0.2, 0.25) is 10.0 Å². The van der Waals surface area contributed by atoms with Crippen LogP contribution in [0.4, 0.5) is 5.69 Å². The van der Waals surface area contributed by atoms with Gasteiger partial charge in [-0.3, -0.25) is 4.79 Å². The van der Waals surface area contributed by atoms with Gasteiger partial charge in [-0.15, -0.1) is 10.2 Å². The summed E-state index contributed by atoms with van der Waals surface area (Å²) >= 11 is 13.5. The van der Waals surface area contributed by atoms with E-state index in [4.69, 9.17) is 27.9 Å². The monoisotopic (exact) mass is 478 g/mol. The molecule has 0 spiro atoms. The molecular formula is C21H20Cl2N4O3S. The Bertz CT molecular complexity index is 1090. The molecule has 7 nitrogen and oxygen atoms in total. The number of nitrogens with zero attached hydrogens (tertiary/aromatic N) is 3. The number of carbonyl (C=O) groups excluding carboxylic acids is 2. The summed E-state index contributed by atoms with van der Waals surface area (Å²) in [6.45, 7) is 4.63. The molecule has 0 bridgehead atoms. The summed E-state index contributed by atoms with van der Waals surface area (Å²) in [5, 5.41) is 12.9. The zero-order valence-corrected chi connectivity index (χ0v) is 19.2. The lowest BCUT2D eigenvalue weighted by Gasteiger charge is -2.09. The minimum Gasteiger partial charge on any atom is -0.462 e. The fourth-order valence-corrected chi connectivity index (χ4v) is 4.08. The predicted octanol–water partition coefficient (Wildman–Crippen LogP) is 5.18. The zero-order valence-electron chi connectivity index (χ0n) is 16.9. The maximum atomic E-state index is 12.4. The van der Waals surface area contributed by atoms with Crippen molar-refractivity contribution < 1.29 is 14.3 Å². The SMILES string of the molecule is CCOC(=O)c1ccc(NC(=O)CSc2nnc(-c3ccc(Cl)cc3Cl)n2CC)cc1. The van der Waals surface area contributed by atoms with Crippen LogP contribution in [0.1, 0.15) is 24.2 Å². The number of nitrogens with one attached hydrogen (secondary N) is 1. The van der Waals surface area contributed by atoms with E-state index >= 15 is 0 Å². The van der Waals surface area contributed by atoms with Gasteiger partial charge in [0, 0.05) is 22.8 Å². The highest BCUT2D eigenvalue weighted by Gasteiger charge is 2.17. The maximum absolute atomic E-state index is 12.4. The van der Waals surface area contributed by atoms with E-state index in [2.05, 4.69) is 15.5 Å². The Labute approximate surface area is 194 Å². The quantitative estimate of drug-likeness (QED) is 0.354. The number of esters is 1. The van der Waals surface area contributed by atoms with Crippen LogP contribution in [-0.2, 0) is 16.1 Å². The van der Waals surface area contributed by atoms with Crippen molar-refractivity contribution in [1.29, 1.82) is 0 Å². The predicted molar refractivity (Wildman–Crippen MR) is 123 cm³/mol. The molecule has 0 aliphatic carbocycles. The Morgan fingerprint density at radius 3 is 2.48 bits per heavy atom. The van der Waals surface area contributed by atoms with Gasteiger partial charge < -0.3 is 14.6 Å². The van der Waals surface area contributed by atoms with Crippen molar-refractivity contribution >= 4 is 52.5 Å². The topological polar surface area (TPSA) is 86.1 Å². The van der Waals surface area contributed by atoms with Crippen molar-refractivity contribution in [1.82, 2.24) is 14.8 Å². The molecule has 3 aromatic rings. The number of thioether (sulfide) groups is 1. The van der Waals surface area contributed by atoms with Crippen LogP contribution in [0.15, 0.2) is 47.6 Å². The first-order valence-electron chi connectivity index (χ1n) is 9.51. The molecule has 0 fully saturated rings. The number of halogens is 2. The molecule has 3 rings (SSSR count). The van der Waals surface area contributed by atoms with Crippen LogP contribution >= 0.6 is 35.0 Å². The normalized spacial score (nSPS) is 10.7. The van der Waals surface area contributed by atoms with E-state index in [1.165, 1.54) is 11.8 Å². The molecule has 0 aliphatic heterocycles. The van der Waals surface area contributed by atoms with E-state index in [0.29, 0.717) is 45.4 Å². The summed E-state index contributed by atoms with van der Waals surface area (Å²) in [6.07, 6.45) is 0. The Hall–Kier alpha value is -2.55. The van der Waals surface area contributed by atoms with Crippen LogP contribution in [-0.4, -0.2) is 39.0 Å². The smallest absolute Gasteiger partial charge is 0.338 e. The molecule has 1 heterocycles. The lowest BCUT2D eigenvalue weighted by molar-refractivity contribution is -0.113. The second-order valence-electron chi connectivity index (χ2n) is 6.31. The third kappa shape index (κ3) is 5.78. The van der Waals surface area contributed by atoms with Crippen LogP contribution in [0.25, 0.3) is 11.4 Å². The standard InChI is InChI=1S/C21H20Cl2N4O3S/c1-3-27-19(16-10-7-14(22)11-17(16)23)25-26-21(27)31-12-18(28)24-15-8-5-13(6-9-15)20(29)30-4-2/h5-11H,3-4,12H2,1-2H3,(H,24,28). The lowest BCUT2D eigenvalue weighted by atomic mass is 10.2. The van der Waals surface area contributed by atoms with E-state index in [1.807, 2.05) is 11.5 Å². The Balaban J connectivity index is 1.64. The van der Waals surface area contributed by atoms with Crippen molar-refractivity contribution in [2.75, 3.05) is 17.7 Å². The molecule has 31 heavy (non-hydrogen) atoms. The summed E-state index contributed by atoms with van der Waals surface area (Å²) in [5.74, 6) is 0.158. The van der Waals surface area contributed by atoms with Gasteiger partial charge in [-0.05, 0) is 56.3 Å². The fourth-order valence-electron chi connectivity index (χ4n) is 2.78. The minimum absolute atomic E-state index is 0.145. The molecule has 0 atom stereocenters. The molecule has 10 heteroatoms. The van der Waals surface area contributed by atoms with E-state index < -0.39 is 5.97 Å². The average Bonchev–Trinajstić information content (AvgIpc) is 3.15. The van der Waals surface area contributed by atoms with Crippen molar-refractivity contribution in [2.24, 2.45) is 0 Å². The van der Waals surface area contributed by atoms with E-state index in [9.17, 15) is 9.59 Å². The van der Waals surface area contributed by atoms with Gasteiger partial charge in [0.15, 0.2) is 11.0 Å². The first-order valence-corrected chi connectivity index (χ1v) is 11.3. The molecule has 0 saturated carbocycles. The molecule has 2 aromatic carbocycles. The van der Waals surface area contributed by atoms with Gasteiger partial charge in [-0.2, -0.15) is 0 Å². The molecule has 0 saturated heterocycles. The zero-order chi connectivity index (χ0) is 22.4. The largest absolute Gasteiger partial charge is 0.462 e. The summed E-state index contributed by atoms with van der Waals surface area (Å²) in [7, 11) is 0. The van der Waals surface area contributed by atoms with Crippen molar-refractivity contribution in [2.45, 2.75) is 25.5 Å². The first-order chi connectivity index (χ1) is 14.9. The average molecular weight is 479 g/mol. The molecule has 1 aromatic heterocycles. The third-order valence-electron chi connectivity index (χ3n) is 4.22. The molecule has 0 aliphatic rings. The van der Waals surface area contributed by atoms with Crippen molar-refractivity contribution in [3.8, 4) is 11.4 Å². The number of ether oxygens (including phenoxy) is 1. The number of carbonyl (C=O) groups is 2. The molecule has 0 unspecified atom stereocenters. The van der Waals surface area contributed by atoms with Gasteiger partial charge in [0.2, 0.25) is 5.91 Å². The number of benzene rings is 2. The van der Waals surface area contributed by atoms with Gasteiger partial charge >= 0.3 is 5.97 Å². The van der Waals surface area contributed by atoms with Gasteiger partial charge in [-0.1, -0.05) is 35.0 Å². The van der Waals surface area contributed by atoms with Crippen LogP contribution < -0.4 is 5.32 Å². The second kappa shape index (κ2) is 10.7. The highest BCUT2D eigenvalue weighted by Crippen LogP contribution is 2.31. The van der Waals surface area contributed by atoms with Crippen LogP contribution in [0, 0.1) is 0 Å². The molecule has 1 N–H and O–H groups in total. The number of hydrogen-bond acceptors (Lipinski definition) is 6.